The van der Waals surface area contributed by atoms with Crippen LogP contribution in [0, 0.1) is 0 Å². The van der Waals surface area contributed by atoms with E-state index in [0.29, 0.717) is 5.19 Å². The van der Waals surface area contributed by atoms with Gasteiger partial charge in [0, 0.05) is 0 Å². The van der Waals surface area contributed by atoms with Gasteiger partial charge in [0.05, 0.1) is 11.1 Å². The summed E-state index contributed by atoms with van der Waals surface area (Å²) in [7, 11) is 2.49. The van der Waals surface area contributed by atoms with Crippen molar-refractivity contribution in [3.8, 4) is 0 Å². The first-order valence-electron chi connectivity index (χ1n) is 3.76. The summed E-state index contributed by atoms with van der Waals surface area (Å²) >= 11 is 0. The minimum atomic E-state index is -1.28. The first-order valence-corrected chi connectivity index (χ1v) is 5.07. The van der Waals surface area contributed by atoms with Crippen LogP contribution in [-0.2, 0) is 4.12 Å². The van der Waals surface area contributed by atoms with E-state index in [0.717, 1.165) is 0 Å². The quantitative estimate of drug-likeness (QED) is 0.685. The van der Waals surface area contributed by atoms with Gasteiger partial charge < -0.3 is 14.3 Å². The van der Waals surface area contributed by atoms with Gasteiger partial charge in [-0.25, -0.2) is 9.59 Å². The van der Waals surface area contributed by atoms with Crippen molar-refractivity contribution in [2.45, 2.75) is 0 Å². The zero-order valence-electron chi connectivity index (χ0n) is 7.35. The third-order valence-electron chi connectivity index (χ3n) is 1.67. The van der Waals surface area contributed by atoms with Gasteiger partial charge in [0.2, 0.25) is 10.5 Å². The van der Waals surface area contributed by atoms with Gasteiger partial charge in [0.15, 0.2) is 0 Å². The molecule has 1 aromatic rings. The van der Waals surface area contributed by atoms with Crippen molar-refractivity contribution < 1.29 is 23.9 Å². The van der Waals surface area contributed by atoms with Gasteiger partial charge in [0.25, 0.3) is 9.76 Å². The van der Waals surface area contributed by atoms with Crippen molar-refractivity contribution in [1.29, 1.82) is 0 Å². The minimum Gasteiger partial charge on any atom is -0.478 e. The van der Waals surface area contributed by atoms with Crippen molar-refractivity contribution in [2.24, 2.45) is 0 Å². The summed E-state index contributed by atoms with van der Waals surface area (Å²) < 4.78 is 4.63. The van der Waals surface area contributed by atoms with Crippen molar-refractivity contribution in [3.63, 3.8) is 0 Å². The number of benzene rings is 1. The van der Waals surface area contributed by atoms with Crippen LogP contribution in [0.5, 0.6) is 0 Å². The first-order chi connectivity index (χ1) is 7.07. The highest BCUT2D eigenvalue weighted by atomic mass is 28.3. The van der Waals surface area contributed by atoms with Crippen LogP contribution in [-0.4, -0.2) is 42.4 Å². The molecule has 0 aliphatic heterocycles. The summed E-state index contributed by atoms with van der Waals surface area (Å²) in [6.45, 7) is 0. The zero-order valence-corrected chi connectivity index (χ0v) is 9.35. The molecule has 0 atom stereocenters. The van der Waals surface area contributed by atoms with Crippen LogP contribution in [0.2, 0.25) is 0 Å². The highest BCUT2D eigenvalue weighted by molar-refractivity contribution is 6.53. The molecule has 5 radical (unpaired) electrons. The molecule has 0 aliphatic rings. The first kappa shape index (κ1) is 11.6. The monoisotopic (exact) mass is 237 g/mol. The third-order valence-corrected chi connectivity index (χ3v) is 2.71. The normalized spacial score (nSPS) is 9.93. The number of hydrogen-bond donors (Lipinski definition) is 2. The second-order valence-electron chi connectivity index (χ2n) is 2.54. The Morgan fingerprint density at radius 2 is 1.93 bits per heavy atom. The molecule has 0 spiro atoms. The van der Waals surface area contributed by atoms with E-state index in [-0.39, 0.29) is 20.9 Å². The fourth-order valence-corrected chi connectivity index (χ4v) is 2.05. The van der Waals surface area contributed by atoms with Gasteiger partial charge in [-0.1, -0.05) is 12.1 Å². The molecule has 0 saturated carbocycles. The van der Waals surface area contributed by atoms with Crippen molar-refractivity contribution in [2.75, 3.05) is 0 Å². The van der Waals surface area contributed by atoms with E-state index in [1.807, 2.05) is 0 Å². The molecule has 2 N–H and O–H groups in total. The molecule has 0 fully saturated rings. The Kier molecular flexibility index (Phi) is 3.77. The maximum absolute atomic E-state index is 10.9. The van der Waals surface area contributed by atoms with E-state index in [2.05, 4.69) is 14.6 Å². The summed E-state index contributed by atoms with van der Waals surface area (Å²) in [6, 6.07) is 4.23. The zero-order chi connectivity index (χ0) is 11.4. The van der Waals surface area contributed by atoms with E-state index in [4.69, 9.17) is 10.2 Å². The largest absolute Gasteiger partial charge is 0.478 e. The molecule has 7 heteroatoms. The van der Waals surface area contributed by atoms with Gasteiger partial charge in [-0.15, -0.1) is 0 Å². The molecular weight excluding hydrogens is 232 g/mol. The Morgan fingerprint density at radius 3 is 2.40 bits per heavy atom. The number of carbonyl (C=O) groups is 2. The van der Waals surface area contributed by atoms with Crippen LogP contribution >= 0.6 is 0 Å². The average Bonchev–Trinajstić information content (AvgIpc) is 2.17. The summed E-state index contributed by atoms with van der Waals surface area (Å²) in [5.41, 5.74) is -0.474. The van der Waals surface area contributed by atoms with Gasteiger partial charge >= 0.3 is 11.9 Å². The van der Waals surface area contributed by atoms with Gasteiger partial charge in [0.1, 0.15) is 0 Å². The molecule has 0 amide bonds. The standard InChI is InChI=1S/C8H5O5Si2/c9-7(10)4-2-1-3-5(15-13-14)6(4)8(11)12/h1-3H,(H,9,10)(H,11,12). The molecular formula is C8H5O5Si2. The Labute approximate surface area is 91.2 Å². The highest BCUT2D eigenvalue weighted by Crippen LogP contribution is 2.06. The predicted molar refractivity (Wildman–Crippen MR) is 52.6 cm³/mol. The van der Waals surface area contributed by atoms with Crippen LogP contribution in [0.25, 0.3) is 0 Å². The molecule has 1 rings (SSSR count). The van der Waals surface area contributed by atoms with E-state index in [9.17, 15) is 9.59 Å². The molecule has 15 heavy (non-hydrogen) atoms. The second kappa shape index (κ2) is 4.87. The highest BCUT2D eigenvalue weighted by Gasteiger charge is 2.19. The van der Waals surface area contributed by atoms with E-state index < -0.39 is 11.9 Å². The fraction of sp³-hybridized carbons (Fsp3) is 0. The second-order valence-corrected chi connectivity index (χ2v) is 4.10. The van der Waals surface area contributed by atoms with Crippen molar-refractivity contribution >= 4 is 37.4 Å². The van der Waals surface area contributed by atoms with E-state index in [1.165, 1.54) is 18.2 Å². The summed E-state index contributed by atoms with van der Waals surface area (Å²) in [4.78, 5) is 21.7. The maximum Gasteiger partial charge on any atom is 0.336 e. The SMILES string of the molecule is O=C(O)c1cccc([Si]O[Si])c1C(=O)O. The molecule has 0 unspecified atom stereocenters. The molecule has 0 bridgehead atoms. The Morgan fingerprint density at radius 1 is 1.27 bits per heavy atom. The van der Waals surface area contributed by atoms with Crippen molar-refractivity contribution in [1.82, 2.24) is 0 Å². The fourth-order valence-electron chi connectivity index (χ4n) is 1.10. The molecule has 0 aliphatic carbocycles. The predicted octanol–water partition coefficient (Wildman–Crippen LogP) is -0.572. The van der Waals surface area contributed by atoms with Crippen LogP contribution in [0.15, 0.2) is 18.2 Å². The third kappa shape index (κ3) is 2.52. The lowest BCUT2D eigenvalue weighted by molar-refractivity contribution is 0.0652. The Hall–Kier alpha value is -1.45. The van der Waals surface area contributed by atoms with E-state index in [1.54, 1.807) is 0 Å². The number of aromatic carboxylic acids is 2. The van der Waals surface area contributed by atoms with Crippen LogP contribution in [0.3, 0.4) is 0 Å². The number of carboxylic acids is 2. The van der Waals surface area contributed by atoms with Crippen molar-refractivity contribution in [3.05, 3.63) is 29.3 Å². The van der Waals surface area contributed by atoms with Crippen LogP contribution in [0.1, 0.15) is 20.7 Å². The average molecular weight is 237 g/mol. The number of hydrogen-bond acceptors (Lipinski definition) is 3. The number of carboxylic acid groups (broad SMARTS) is 2. The molecule has 0 heterocycles. The molecule has 0 saturated heterocycles. The van der Waals surface area contributed by atoms with Gasteiger partial charge in [-0.2, -0.15) is 0 Å². The smallest absolute Gasteiger partial charge is 0.336 e. The molecule has 5 nitrogen and oxygen atoms in total. The van der Waals surface area contributed by atoms with Gasteiger partial charge in [-0.3, -0.25) is 0 Å². The molecule has 1 aromatic carbocycles. The minimum absolute atomic E-state index is 0.235. The van der Waals surface area contributed by atoms with Crippen LogP contribution < -0.4 is 5.19 Å². The molecule has 75 valence electrons. The maximum atomic E-state index is 10.9. The van der Waals surface area contributed by atoms with Gasteiger partial charge in [-0.05, 0) is 11.3 Å². The lowest BCUT2D eigenvalue weighted by atomic mass is 10.1. The number of rotatable bonds is 4. The molecule has 0 aromatic heterocycles. The summed E-state index contributed by atoms with van der Waals surface area (Å²) in [5, 5.41) is 18.0. The lowest BCUT2D eigenvalue weighted by Crippen LogP contribution is -2.27. The summed E-state index contributed by atoms with van der Waals surface area (Å²) in [5.74, 6) is -2.55. The summed E-state index contributed by atoms with van der Waals surface area (Å²) in [6.07, 6.45) is 0. The Balaban J connectivity index is 3.34. The Bertz CT molecular complexity index is 404. The van der Waals surface area contributed by atoms with E-state index >= 15 is 0 Å². The topological polar surface area (TPSA) is 83.8 Å². The van der Waals surface area contributed by atoms with Crippen LogP contribution in [0.4, 0.5) is 0 Å². The lowest BCUT2D eigenvalue weighted by Gasteiger charge is -2.06.